The van der Waals surface area contributed by atoms with E-state index >= 15 is 0 Å². The average Bonchev–Trinajstić information content (AvgIpc) is 2.75. The molecule has 0 radical (unpaired) electrons. The first-order chi connectivity index (χ1) is 14.1. The normalized spacial score (nSPS) is 10.4. The van der Waals surface area contributed by atoms with E-state index in [1.807, 2.05) is 6.07 Å². The number of carbonyl (C=O) groups is 2. The van der Waals surface area contributed by atoms with E-state index < -0.39 is 17.5 Å². The Balaban J connectivity index is 1.66. The molecule has 1 N–H and O–H groups in total. The van der Waals surface area contributed by atoms with Crippen molar-refractivity contribution in [1.29, 1.82) is 0 Å². The summed E-state index contributed by atoms with van der Waals surface area (Å²) < 4.78 is 27.0. The molecule has 2 amide bonds. The number of hydrogen-bond acceptors (Lipinski definition) is 2. The van der Waals surface area contributed by atoms with Crippen LogP contribution >= 0.6 is 0 Å². The molecule has 0 aliphatic carbocycles. The zero-order chi connectivity index (χ0) is 20.6. The van der Waals surface area contributed by atoms with Gasteiger partial charge in [0.25, 0.3) is 11.8 Å². The van der Waals surface area contributed by atoms with Gasteiger partial charge < -0.3 is 10.2 Å². The largest absolute Gasteiger partial charge is 0.352 e. The third-order valence-electron chi connectivity index (χ3n) is 4.37. The minimum atomic E-state index is -0.586. The van der Waals surface area contributed by atoms with E-state index in [0.29, 0.717) is 24.2 Å². The van der Waals surface area contributed by atoms with Crippen LogP contribution in [0.5, 0.6) is 0 Å². The predicted octanol–water partition coefficient (Wildman–Crippen LogP) is 4.43. The predicted molar refractivity (Wildman–Crippen MR) is 108 cm³/mol. The van der Waals surface area contributed by atoms with Gasteiger partial charge in [0, 0.05) is 24.3 Å². The second kappa shape index (κ2) is 9.59. The first-order valence-corrected chi connectivity index (χ1v) is 9.21. The van der Waals surface area contributed by atoms with Crippen molar-refractivity contribution in [2.75, 3.05) is 18.0 Å². The van der Waals surface area contributed by atoms with E-state index in [4.69, 9.17) is 0 Å². The van der Waals surface area contributed by atoms with Crippen molar-refractivity contribution in [2.24, 2.45) is 0 Å². The first-order valence-electron chi connectivity index (χ1n) is 9.21. The van der Waals surface area contributed by atoms with Crippen LogP contribution in [0, 0.1) is 11.6 Å². The number of carbonyl (C=O) groups excluding carboxylic acids is 2. The van der Waals surface area contributed by atoms with Crippen LogP contribution in [0.3, 0.4) is 0 Å². The Labute approximate surface area is 167 Å². The standard InChI is InChI=1S/C23H20F2N2O2/c24-18-11-13-19(14-12-18)27(23(29)17-7-2-1-3-8-17)16-6-15-26-22(28)20-9-4-5-10-21(20)25/h1-5,7-14H,6,15-16H2,(H,26,28). The highest BCUT2D eigenvalue weighted by atomic mass is 19.1. The van der Waals surface area contributed by atoms with Crippen LogP contribution in [-0.2, 0) is 0 Å². The summed E-state index contributed by atoms with van der Waals surface area (Å²) in [5.74, 6) is -1.71. The second-order valence-corrected chi connectivity index (χ2v) is 6.39. The number of halogens is 2. The maximum absolute atomic E-state index is 13.7. The summed E-state index contributed by atoms with van der Waals surface area (Å²) in [6.45, 7) is 0.559. The van der Waals surface area contributed by atoms with Crippen molar-refractivity contribution in [3.63, 3.8) is 0 Å². The van der Waals surface area contributed by atoms with Gasteiger partial charge in [0.1, 0.15) is 11.6 Å². The van der Waals surface area contributed by atoms with E-state index in [1.165, 1.54) is 47.4 Å². The van der Waals surface area contributed by atoms with Crippen molar-refractivity contribution in [1.82, 2.24) is 5.32 Å². The Hall–Kier alpha value is -3.54. The summed E-state index contributed by atoms with van der Waals surface area (Å²) in [6, 6.07) is 20.2. The number of benzene rings is 3. The van der Waals surface area contributed by atoms with Gasteiger partial charge in [-0.15, -0.1) is 0 Å². The molecule has 0 bridgehead atoms. The van der Waals surface area contributed by atoms with Crippen LogP contribution in [0.1, 0.15) is 27.1 Å². The molecule has 0 unspecified atom stereocenters. The van der Waals surface area contributed by atoms with E-state index in [0.717, 1.165) is 0 Å². The van der Waals surface area contributed by atoms with Crippen LogP contribution in [0.4, 0.5) is 14.5 Å². The highest BCUT2D eigenvalue weighted by molar-refractivity contribution is 6.06. The van der Waals surface area contributed by atoms with Crippen molar-refractivity contribution < 1.29 is 18.4 Å². The van der Waals surface area contributed by atoms with Gasteiger partial charge in [-0.2, -0.15) is 0 Å². The van der Waals surface area contributed by atoms with Gasteiger partial charge in [-0.25, -0.2) is 8.78 Å². The molecule has 6 heteroatoms. The molecule has 148 valence electrons. The van der Waals surface area contributed by atoms with Crippen LogP contribution in [-0.4, -0.2) is 24.9 Å². The number of amides is 2. The third kappa shape index (κ3) is 5.25. The number of hydrogen-bond donors (Lipinski definition) is 1. The molecule has 0 fully saturated rings. The molecule has 0 aromatic heterocycles. The smallest absolute Gasteiger partial charge is 0.258 e. The maximum atomic E-state index is 13.7. The van der Waals surface area contributed by atoms with Gasteiger partial charge in [0.2, 0.25) is 0 Å². The lowest BCUT2D eigenvalue weighted by Gasteiger charge is -2.23. The van der Waals surface area contributed by atoms with Crippen LogP contribution in [0.25, 0.3) is 0 Å². The molecule has 0 aliphatic rings. The number of rotatable bonds is 7. The highest BCUT2D eigenvalue weighted by Crippen LogP contribution is 2.18. The zero-order valence-electron chi connectivity index (χ0n) is 15.6. The molecule has 3 rings (SSSR count). The van der Waals surface area contributed by atoms with Gasteiger partial charge in [-0.3, -0.25) is 9.59 Å². The minimum Gasteiger partial charge on any atom is -0.352 e. The van der Waals surface area contributed by atoms with Crippen LogP contribution in [0.2, 0.25) is 0 Å². The first kappa shape index (κ1) is 20.2. The Morgan fingerprint density at radius 2 is 1.48 bits per heavy atom. The SMILES string of the molecule is O=C(NCCCN(C(=O)c1ccccc1)c1ccc(F)cc1)c1ccccc1F. The molecule has 0 spiro atoms. The molecule has 4 nitrogen and oxygen atoms in total. The van der Waals surface area contributed by atoms with Crippen molar-refractivity contribution in [2.45, 2.75) is 6.42 Å². The lowest BCUT2D eigenvalue weighted by Crippen LogP contribution is -2.34. The summed E-state index contributed by atoms with van der Waals surface area (Å²) in [5, 5.41) is 2.66. The van der Waals surface area contributed by atoms with Gasteiger partial charge >= 0.3 is 0 Å². The summed E-state index contributed by atoms with van der Waals surface area (Å²) in [4.78, 5) is 26.6. The molecule has 3 aromatic rings. The van der Waals surface area contributed by atoms with Crippen LogP contribution in [0.15, 0.2) is 78.9 Å². The second-order valence-electron chi connectivity index (χ2n) is 6.39. The highest BCUT2D eigenvalue weighted by Gasteiger charge is 2.18. The van der Waals surface area contributed by atoms with Crippen molar-refractivity contribution in [3.8, 4) is 0 Å². The fraction of sp³-hybridized carbons (Fsp3) is 0.130. The summed E-state index contributed by atoms with van der Waals surface area (Å²) in [5.41, 5.74) is 1.04. The number of anilines is 1. The maximum Gasteiger partial charge on any atom is 0.258 e. The van der Waals surface area contributed by atoms with Crippen molar-refractivity contribution in [3.05, 3.63) is 102 Å². The fourth-order valence-corrected chi connectivity index (χ4v) is 2.89. The molecular weight excluding hydrogens is 374 g/mol. The fourth-order valence-electron chi connectivity index (χ4n) is 2.89. The molecule has 0 aliphatic heterocycles. The number of nitrogens with one attached hydrogen (secondary N) is 1. The van der Waals surface area contributed by atoms with E-state index in [9.17, 15) is 18.4 Å². The summed E-state index contributed by atoms with van der Waals surface area (Å²) in [7, 11) is 0. The van der Waals surface area contributed by atoms with E-state index in [-0.39, 0.29) is 18.0 Å². The lowest BCUT2D eigenvalue weighted by atomic mass is 10.1. The quantitative estimate of drug-likeness (QED) is 0.603. The topological polar surface area (TPSA) is 49.4 Å². The van der Waals surface area contributed by atoms with Gasteiger partial charge in [0.15, 0.2) is 0 Å². The van der Waals surface area contributed by atoms with E-state index in [1.54, 1.807) is 30.3 Å². The average molecular weight is 394 g/mol. The minimum absolute atomic E-state index is 0.0248. The molecule has 0 saturated carbocycles. The lowest BCUT2D eigenvalue weighted by molar-refractivity contribution is 0.0949. The zero-order valence-corrected chi connectivity index (χ0v) is 15.6. The Kier molecular flexibility index (Phi) is 6.68. The monoisotopic (exact) mass is 394 g/mol. The summed E-state index contributed by atoms with van der Waals surface area (Å²) in [6.07, 6.45) is 0.441. The van der Waals surface area contributed by atoms with Gasteiger partial charge in [-0.1, -0.05) is 30.3 Å². The molecular formula is C23H20F2N2O2. The molecule has 3 aromatic carbocycles. The van der Waals surface area contributed by atoms with Gasteiger partial charge in [0.05, 0.1) is 5.56 Å². The Morgan fingerprint density at radius 3 is 2.17 bits per heavy atom. The number of nitrogens with zero attached hydrogens (tertiary/aromatic N) is 1. The molecule has 29 heavy (non-hydrogen) atoms. The molecule has 0 atom stereocenters. The Bertz CT molecular complexity index is 976. The van der Waals surface area contributed by atoms with Crippen molar-refractivity contribution >= 4 is 17.5 Å². The van der Waals surface area contributed by atoms with Crippen LogP contribution < -0.4 is 10.2 Å². The molecule has 0 saturated heterocycles. The third-order valence-corrected chi connectivity index (χ3v) is 4.37. The van der Waals surface area contributed by atoms with E-state index in [2.05, 4.69) is 5.32 Å². The molecule has 0 heterocycles. The van der Waals surface area contributed by atoms with Gasteiger partial charge in [-0.05, 0) is 55.0 Å². The Morgan fingerprint density at radius 1 is 0.828 bits per heavy atom. The summed E-state index contributed by atoms with van der Waals surface area (Å²) >= 11 is 0.